The summed E-state index contributed by atoms with van der Waals surface area (Å²) in [5.41, 5.74) is 5.00. The standard InChI is InChI=1S/C25H28N2O3/c1-18-15-26-22(19(2)25(18)29-4)16-27(3)24(28)17-30-23-13-9-8-12-21(23)14-20-10-6-5-7-11-20/h5-13,15H,14,16-17H2,1-4H3. The number of hydrogen-bond acceptors (Lipinski definition) is 4. The number of nitrogens with zero attached hydrogens (tertiary/aromatic N) is 2. The summed E-state index contributed by atoms with van der Waals surface area (Å²) in [7, 11) is 3.41. The lowest BCUT2D eigenvalue weighted by Gasteiger charge is -2.20. The monoisotopic (exact) mass is 404 g/mol. The minimum atomic E-state index is -0.106. The van der Waals surface area contributed by atoms with Gasteiger partial charge in [0.2, 0.25) is 0 Å². The smallest absolute Gasteiger partial charge is 0.260 e. The van der Waals surface area contributed by atoms with Crippen molar-refractivity contribution in [2.45, 2.75) is 26.8 Å². The van der Waals surface area contributed by atoms with Crippen molar-refractivity contribution in [2.24, 2.45) is 0 Å². The third-order valence-corrected chi connectivity index (χ3v) is 5.12. The SMILES string of the molecule is COc1c(C)cnc(CN(C)C(=O)COc2ccccc2Cc2ccccc2)c1C. The average Bonchev–Trinajstić information content (AvgIpc) is 2.76. The Labute approximate surface area is 178 Å². The Bertz CT molecular complexity index is 1000. The Morgan fingerprint density at radius 2 is 1.73 bits per heavy atom. The zero-order valence-electron chi connectivity index (χ0n) is 18.0. The van der Waals surface area contributed by atoms with Crippen LogP contribution in [0, 0.1) is 13.8 Å². The van der Waals surface area contributed by atoms with Crippen LogP contribution in [0.1, 0.15) is 27.9 Å². The van der Waals surface area contributed by atoms with E-state index in [9.17, 15) is 4.79 Å². The van der Waals surface area contributed by atoms with E-state index in [1.165, 1.54) is 5.56 Å². The van der Waals surface area contributed by atoms with Gasteiger partial charge in [0.1, 0.15) is 11.5 Å². The highest BCUT2D eigenvalue weighted by molar-refractivity contribution is 5.77. The number of methoxy groups -OCH3 is 1. The van der Waals surface area contributed by atoms with Gasteiger partial charge in [0, 0.05) is 30.8 Å². The van der Waals surface area contributed by atoms with Crippen LogP contribution in [0.5, 0.6) is 11.5 Å². The van der Waals surface area contributed by atoms with Crippen LogP contribution in [-0.4, -0.2) is 36.6 Å². The van der Waals surface area contributed by atoms with Gasteiger partial charge in [-0.05, 0) is 31.0 Å². The summed E-state index contributed by atoms with van der Waals surface area (Å²) in [4.78, 5) is 18.8. The molecule has 0 bridgehead atoms. The Kier molecular flexibility index (Phi) is 7.07. The van der Waals surface area contributed by atoms with Crippen LogP contribution < -0.4 is 9.47 Å². The summed E-state index contributed by atoms with van der Waals surface area (Å²) in [5.74, 6) is 1.44. The highest BCUT2D eigenvalue weighted by Gasteiger charge is 2.16. The molecule has 1 aromatic heterocycles. The summed E-state index contributed by atoms with van der Waals surface area (Å²) in [6.07, 6.45) is 2.53. The van der Waals surface area contributed by atoms with Crippen molar-refractivity contribution >= 4 is 5.91 Å². The Hall–Kier alpha value is -3.34. The summed E-state index contributed by atoms with van der Waals surface area (Å²) < 4.78 is 11.3. The number of likely N-dealkylation sites (N-methyl/N-ethyl adjacent to an activating group) is 1. The molecule has 5 heteroatoms. The summed E-state index contributed by atoms with van der Waals surface area (Å²) in [6.45, 7) is 4.29. The number of carbonyl (C=O) groups is 1. The number of ether oxygens (including phenoxy) is 2. The zero-order valence-corrected chi connectivity index (χ0v) is 18.0. The van der Waals surface area contributed by atoms with E-state index in [1.807, 2.05) is 56.3 Å². The molecule has 1 heterocycles. The fourth-order valence-corrected chi connectivity index (χ4v) is 3.40. The second-order valence-corrected chi connectivity index (χ2v) is 7.35. The Balaban J connectivity index is 1.63. The Morgan fingerprint density at radius 1 is 1.03 bits per heavy atom. The van der Waals surface area contributed by atoms with Crippen molar-refractivity contribution in [3.8, 4) is 11.5 Å². The number of aromatic nitrogens is 1. The first kappa shape index (κ1) is 21.4. The molecule has 30 heavy (non-hydrogen) atoms. The van der Waals surface area contributed by atoms with Crippen molar-refractivity contribution < 1.29 is 14.3 Å². The van der Waals surface area contributed by atoms with Crippen molar-refractivity contribution in [1.29, 1.82) is 0 Å². The number of carbonyl (C=O) groups excluding carboxylic acids is 1. The van der Waals surface area contributed by atoms with Crippen LogP contribution in [0.15, 0.2) is 60.8 Å². The molecule has 156 valence electrons. The third-order valence-electron chi connectivity index (χ3n) is 5.12. The van der Waals surface area contributed by atoms with E-state index in [1.54, 1.807) is 25.3 Å². The van der Waals surface area contributed by atoms with Gasteiger partial charge in [-0.3, -0.25) is 9.78 Å². The van der Waals surface area contributed by atoms with Gasteiger partial charge in [0.05, 0.1) is 19.3 Å². The first-order valence-electron chi connectivity index (χ1n) is 9.97. The molecular weight excluding hydrogens is 376 g/mol. The molecule has 1 amide bonds. The second kappa shape index (κ2) is 9.92. The molecule has 0 N–H and O–H groups in total. The predicted octanol–water partition coefficient (Wildman–Crippen LogP) is 4.34. The molecule has 0 spiro atoms. The number of aryl methyl sites for hydroxylation is 1. The highest BCUT2D eigenvalue weighted by atomic mass is 16.5. The van der Waals surface area contributed by atoms with Gasteiger partial charge in [-0.25, -0.2) is 0 Å². The number of amides is 1. The summed E-state index contributed by atoms with van der Waals surface area (Å²) in [6, 6.07) is 18.1. The maximum Gasteiger partial charge on any atom is 0.260 e. The van der Waals surface area contributed by atoms with Crippen molar-refractivity contribution in [3.05, 3.63) is 88.7 Å². The lowest BCUT2D eigenvalue weighted by Crippen LogP contribution is -2.31. The van der Waals surface area contributed by atoms with Crippen LogP contribution >= 0.6 is 0 Å². The van der Waals surface area contributed by atoms with Gasteiger partial charge in [-0.1, -0.05) is 48.5 Å². The van der Waals surface area contributed by atoms with Crippen LogP contribution in [0.3, 0.4) is 0 Å². The van der Waals surface area contributed by atoms with Gasteiger partial charge in [-0.2, -0.15) is 0 Å². The normalized spacial score (nSPS) is 10.5. The van der Waals surface area contributed by atoms with Gasteiger partial charge >= 0.3 is 0 Å². The van der Waals surface area contributed by atoms with Crippen molar-refractivity contribution in [3.63, 3.8) is 0 Å². The molecule has 0 saturated heterocycles. The molecular formula is C25H28N2O3. The number of hydrogen-bond donors (Lipinski definition) is 0. The van der Waals surface area contributed by atoms with E-state index in [-0.39, 0.29) is 12.5 Å². The molecule has 0 unspecified atom stereocenters. The number of para-hydroxylation sites is 1. The highest BCUT2D eigenvalue weighted by Crippen LogP contribution is 2.25. The second-order valence-electron chi connectivity index (χ2n) is 7.35. The Morgan fingerprint density at radius 3 is 2.47 bits per heavy atom. The van der Waals surface area contributed by atoms with Crippen LogP contribution in [0.2, 0.25) is 0 Å². The van der Waals surface area contributed by atoms with E-state index in [0.29, 0.717) is 6.54 Å². The number of pyridine rings is 1. The summed E-state index contributed by atoms with van der Waals surface area (Å²) in [5, 5.41) is 0. The van der Waals surface area contributed by atoms with Crippen molar-refractivity contribution in [1.82, 2.24) is 9.88 Å². The number of rotatable bonds is 8. The molecule has 0 atom stereocenters. The topological polar surface area (TPSA) is 51.7 Å². The zero-order chi connectivity index (χ0) is 21.5. The van der Waals surface area contributed by atoms with Crippen LogP contribution in [-0.2, 0) is 17.8 Å². The molecule has 3 aromatic rings. The van der Waals surface area contributed by atoms with Crippen molar-refractivity contribution in [2.75, 3.05) is 20.8 Å². The predicted molar refractivity (Wildman–Crippen MR) is 118 cm³/mol. The van der Waals surface area contributed by atoms with E-state index in [0.717, 1.165) is 40.3 Å². The minimum Gasteiger partial charge on any atom is -0.496 e. The molecule has 0 aliphatic heterocycles. The van der Waals surface area contributed by atoms with E-state index >= 15 is 0 Å². The van der Waals surface area contributed by atoms with Gasteiger partial charge in [0.15, 0.2) is 6.61 Å². The quantitative estimate of drug-likeness (QED) is 0.561. The molecule has 5 nitrogen and oxygen atoms in total. The molecule has 0 aliphatic rings. The molecule has 0 aliphatic carbocycles. The molecule has 3 rings (SSSR count). The van der Waals surface area contributed by atoms with E-state index in [2.05, 4.69) is 17.1 Å². The fourth-order valence-electron chi connectivity index (χ4n) is 3.40. The van der Waals surface area contributed by atoms with Gasteiger partial charge in [-0.15, -0.1) is 0 Å². The van der Waals surface area contributed by atoms with Gasteiger partial charge in [0.25, 0.3) is 5.91 Å². The lowest BCUT2D eigenvalue weighted by molar-refractivity contribution is -0.132. The molecule has 0 radical (unpaired) electrons. The van der Waals surface area contributed by atoms with E-state index < -0.39 is 0 Å². The third kappa shape index (κ3) is 5.17. The maximum atomic E-state index is 12.7. The number of benzene rings is 2. The van der Waals surface area contributed by atoms with Gasteiger partial charge < -0.3 is 14.4 Å². The largest absolute Gasteiger partial charge is 0.496 e. The maximum absolute atomic E-state index is 12.7. The van der Waals surface area contributed by atoms with E-state index in [4.69, 9.17) is 9.47 Å². The molecule has 0 fully saturated rings. The lowest BCUT2D eigenvalue weighted by atomic mass is 10.0. The first-order valence-corrected chi connectivity index (χ1v) is 9.97. The van der Waals surface area contributed by atoms with Crippen LogP contribution in [0.4, 0.5) is 0 Å². The van der Waals surface area contributed by atoms with Crippen LogP contribution in [0.25, 0.3) is 0 Å². The minimum absolute atomic E-state index is 0.0235. The fraction of sp³-hybridized carbons (Fsp3) is 0.280. The molecule has 2 aromatic carbocycles. The summed E-state index contributed by atoms with van der Waals surface area (Å²) >= 11 is 0. The average molecular weight is 405 g/mol. The molecule has 0 saturated carbocycles. The first-order chi connectivity index (χ1) is 14.5.